The van der Waals surface area contributed by atoms with Crippen LogP contribution in [0.2, 0.25) is 5.02 Å². The number of carbonyl (C=O) groups is 4. The lowest BCUT2D eigenvalue weighted by molar-refractivity contribution is -0.119. The predicted octanol–water partition coefficient (Wildman–Crippen LogP) is 19.2. The zero-order chi connectivity index (χ0) is 98.2. The van der Waals surface area contributed by atoms with Crippen molar-refractivity contribution < 1.29 is 62.3 Å². The number of benzene rings is 11. The van der Waals surface area contributed by atoms with Gasteiger partial charge >= 0.3 is 0 Å². The molecule has 0 aliphatic rings. The van der Waals surface area contributed by atoms with E-state index < -0.39 is 40.1 Å². The molecule has 0 amide bonds. The lowest BCUT2D eigenvalue weighted by atomic mass is 10.0. The molecule has 0 fully saturated rings. The molecule has 0 aliphatic carbocycles. The van der Waals surface area contributed by atoms with E-state index in [9.17, 15) is 52.8 Å². The SMILES string of the molecule is CC(=O)CCc1cccc(CN(Cc2ccc(-c3cccnc3)cc2)S(=O)(=O)c2ccccc2)c1.CC(=O)CCc1cccc(CN(Cc2ccc(-c3ncccn3)cc2)S(=O)(=O)c2ccccc2)c1.CC(=O)COc1cccc(CN(Cc2ccc(-n3cccn3)cc2)S(=O)(=O)c2ccc(Cl)cc2)c1.CC(=O)COc1cccc(CN(Cc2ccc(-n3cccn3)cc2)S(=O)(=O)c2ccccn2)c1. The molecule has 31 heteroatoms. The van der Waals surface area contributed by atoms with Crippen LogP contribution in [0.3, 0.4) is 0 Å². The van der Waals surface area contributed by atoms with Crippen molar-refractivity contribution in [1.82, 2.24) is 56.7 Å². The minimum atomic E-state index is -3.88. The van der Waals surface area contributed by atoms with Crippen LogP contribution < -0.4 is 9.47 Å². The summed E-state index contributed by atoms with van der Waals surface area (Å²) >= 11 is 5.97. The number of sulfonamides is 4. The lowest BCUT2D eigenvalue weighted by Crippen LogP contribution is -2.31. The van der Waals surface area contributed by atoms with Gasteiger partial charge in [0.2, 0.25) is 30.1 Å². The minimum Gasteiger partial charge on any atom is -0.486 e. The number of hydrogen-bond acceptors (Lipinski definition) is 20. The molecule has 26 nitrogen and oxygen atoms in total. The van der Waals surface area contributed by atoms with Crippen LogP contribution in [0, 0.1) is 0 Å². The monoisotopic (exact) mass is 1950 g/mol. The Kier molecular flexibility index (Phi) is 36.2. The number of hydrogen-bond donors (Lipinski definition) is 0. The van der Waals surface area contributed by atoms with Crippen LogP contribution in [0.5, 0.6) is 11.5 Å². The molecule has 0 bridgehead atoms. The second kappa shape index (κ2) is 49.4. The summed E-state index contributed by atoms with van der Waals surface area (Å²) < 4.78 is 129. The molecule has 5 heterocycles. The maximum absolute atomic E-state index is 13.6. The van der Waals surface area contributed by atoms with Crippen LogP contribution in [0.25, 0.3) is 33.9 Å². The van der Waals surface area contributed by atoms with E-state index in [-0.39, 0.29) is 108 Å². The molecule has 16 aromatic rings. The number of carbonyl (C=O) groups excluding carboxylic acids is 4. The van der Waals surface area contributed by atoms with Gasteiger partial charge in [-0.05, 0) is 241 Å². The van der Waals surface area contributed by atoms with Gasteiger partial charge in [-0.15, -0.1) is 0 Å². The smallest absolute Gasteiger partial charge is 0.261 e. The number of ether oxygens (including phenoxy) is 2. The number of nitrogens with zero attached hydrogens (tertiary/aromatic N) is 12. The molecular formula is C108H103ClN12O14S4. The highest BCUT2D eigenvalue weighted by Gasteiger charge is 2.31. The Balaban J connectivity index is 0.000000156. The fourth-order valence-electron chi connectivity index (χ4n) is 14.5. The quantitative estimate of drug-likeness (QED) is 0.0344. The molecule has 710 valence electrons. The third kappa shape index (κ3) is 30.2. The van der Waals surface area contributed by atoms with Crippen LogP contribution in [0.1, 0.15) is 96.2 Å². The number of Topliss-reactive ketones (excluding diaryl/α,β-unsaturated/α-hetero) is 4. The third-order valence-corrected chi connectivity index (χ3v) is 29.0. The van der Waals surface area contributed by atoms with Crippen LogP contribution in [-0.4, -0.2) is 127 Å². The van der Waals surface area contributed by atoms with E-state index in [2.05, 4.69) is 30.1 Å². The van der Waals surface area contributed by atoms with Crippen molar-refractivity contribution in [2.45, 2.75) is 125 Å². The molecule has 0 spiro atoms. The van der Waals surface area contributed by atoms with Crippen molar-refractivity contribution >= 4 is 74.8 Å². The normalized spacial score (nSPS) is 11.5. The fraction of sp³-hybridized carbons (Fsp3) is 0.167. The van der Waals surface area contributed by atoms with Crippen LogP contribution in [-0.2, 0) is 124 Å². The van der Waals surface area contributed by atoms with E-state index in [0.29, 0.717) is 48.0 Å². The topological polar surface area (TPSA) is 323 Å². The van der Waals surface area contributed by atoms with Crippen LogP contribution in [0.4, 0.5) is 0 Å². The summed E-state index contributed by atoms with van der Waals surface area (Å²) in [5, 5.41) is 8.87. The number of halogens is 1. The first-order valence-corrected chi connectivity index (χ1v) is 50.6. The van der Waals surface area contributed by atoms with Crippen molar-refractivity contribution in [3.05, 3.63) is 444 Å². The first-order chi connectivity index (χ1) is 67.0. The maximum Gasteiger partial charge on any atom is 0.261 e. The van der Waals surface area contributed by atoms with Gasteiger partial charge in [0.05, 0.1) is 26.1 Å². The van der Waals surface area contributed by atoms with Gasteiger partial charge in [-0.1, -0.05) is 206 Å². The zero-order valence-electron chi connectivity index (χ0n) is 76.9. The summed E-state index contributed by atoms with van der Waals surface area (Å²) in [7, 11) is -15.2. The highest BCUT2D eigenvalue weighted by Crippen LogP contribution is 2.31. The largest absolute Gasteiger partial charge is 0.486 e. The summed E-state index contributed by atoms with van der Waals surface area (Å²) in [5.41, 5.74) is 13.3. The van der Waals surface area contributed by atoms with Crippen molar-refractivity contribution in [2.75, 3.05) is 13.2 Å². The Morgan fingerprint density at radius 1 is 0.302 bits per heavy atom. The van der Waals surface area contributed by atoms with Crippen molar-refractivity contribution in [1.29, 1.82) is 0 Å². The summed E-state index contributed by atoms with van der Waals surface area (Å²) in [6, 6.07) is 97.5. The first kappa shape index (κ1) is 102. The molecule has 11 aromatic carbocycles. The van der Waals surface area contributed by atoms with E-state index in [1.54, 1.807) is 188 Å². The van der Waals surface area contributed by atoms with Gasteiger partial charge in [0, 0.05) is 132 Å². The molecule has 16 rings (SSSR count). The van der Waals surface area contributed by atoms with Gasteiger partial charge in [-0.25, -0.2) is 58.0 Å². The molecule has 5 aromatic heterocycles. The molecule has 0 saturated heterocycles. The van der Waals surface area contributed by atoms with Gasteiger partial charge in [0.15, 0.2) is 22.4 Å². The first-order valence-electron chi connectivity index (χ1n) is 44.4. The van der Waals surface area contributed by atoms with Gasteiger partial charge in [-0.3, -0.25) is 14.6 Å². The average molecular weight is 1960 g/mol. The van der Waals surface area contributed by atoms with E-state index >= 15 is 0 Å². The molecule has 0 aliphatic heterocycles. The number of aromatic nitrogens is 8. The van der Waals surface area contributed by atoms with Gasteiger partial charge < -0.3 is 19.1 Å². The van der Waals surface area contributed by atoms with Crippen LogP contribution in [0.15, 0.2) is 403 Å². The number of aryl methyl sites for hydroxylation is 2. The molecular weight excluding hydrogens is 1850 g/mol. The fourth-order valence-corrected chi connectivity index (χ4v) is 20.3. The Morgan fingerprint density at radius 2 is 0.669 bits per heavy atom. The van der Waals surface area contributed by atoms with E-state index in [1.165, 1.54) is 55.5 Å². The average Bonchev–Trinajstić information content (AvgIpc) is 1.76. The lowest BCUT2D eigenvalue weighted by Gasteiger charge is -2.23. The van der Waals surface area contributed by atoms with Crippen molar-refractivity contribution in [2.24, 2.45) is 0 Å². The maximum atomic E-state index is 13.6. The summed E-state index contributed by atoms with van der Waals surface area (Å²) in [4.78, 5) is 62.7. The molecule has 0 saturated carbocycles. The van der Waals surface area contributed by atoms with Crippen molar-refractivity contribution in [3.63, 3.8) is 0 Å². The van der Waals surface area contributed by atoms with E-state index in [4.69, 9.17) is 21.1 Å². The van der Waals surface area contributed by atoms with Gasteiger partial charge in [0.25, 0.3) is 10.0 Å². The Hall–Kier alpha value is -14.6. The van der Waals surface area contributed by atoms with Crippen LogP contribution >= 0.6 is 11.6 Å². The number of ketones is 4. The highest BCUT2D eigenvalue weighted by atomic mass is 35.5. The zero-order valence-corrected chi connectivity index (χ0v) is 80.9. The number of pyridine rings is 2. The summed E-state index contributed by atoms with van der Waals surface area (Å²) in [6.07, 6.45) is 17.7. The standard InChI is InChI=1S/C29H28N2O3S.C28H27N3O3S.C26H24ClN3O4S.C25H24N4O4S/c1-23(32)12-13-24-7-5-8-26(19-24)22-31(35(33,34)29-10-3-2-4-11-29)21-25-14-16-27(17-15-25)28-9-6-18-30-20-28;1-22(32)11-12-23-7-5-8-25(19-23)21-31(35(33,34)27-9-3-2-4-10-27)20-24-13-15-26(16-14-24)28-29-17-6-18-30-28;1-20(31)19-34-25-5-2-4-22(16-25)18-29(35(32,33)26-12-8-23(27)9-13-26)17-21-6-10-24(11-7-21)30-15-3-14-28-30;1-20(30)19-33-24-7-4-6-22(16-24)18-28(34(31,32)25-8-2-3-13-26-25)17-21-9-11-23(12-10-21)29-15-5-14-27-29/h2-11,14-20H,12-13,21-22H2,1H3;2-10,13-19H,11-12,20-21H2,1H3;2-16H,17-19H2,1H3;2-16H,17-19H2,1H3. The Labute approximate surface area is 816 Å². The van der Waals surface area contributed by atoms with Gasteiger partial charge in [-0.2, -0.15) is 27.4 Å². The Morgan fingerprint density at radius 3 is 1.05 bits per heavy atom. The predicted molar refractivity (Wildman–Crippen MR) is 535 cm³/mol. The minimum absolute atomic E-state index is 0.0212. The molecule has 0 radical (unpaired) electrons. The number of rotatable bonds is 40. The Bertz CT molecular complexity index is 6990. The molecule has 0 unspecified atom stereocenters. The summed E-state index contributed by atoms with van der Waals surface area (Å²) in [6.45, 7) is 7.40. The third-order valence-electron chi connectivity index (χ3n) is 21.7. The molecule has 0 atom stereocenters. The highest BCUT2D eigenvalue weighted by molar-refractivity contribution is 7.90. The van der Waals surface area contributed by atoms with E-state index in [1.807, 2.05) is 194 Å². The molecule has 0 N–H and O–H groups in total. The molecule has 139 heavy (non-hydrogen) atoms. The second-order valence-electron chi connectivity index (χ2n) is 32.6. The van der Waals surface area contributed by atoms with Crippen molar-refractivity contribution in [3.8, 4) is 45.4 Å². The van der Waals surface area contributed by atoms with Gasteiger partial charge in [0.1, 0.15) is 36.3 Å². The summed E-state index contributed by atoms with van der Waals surface area (Å²) in [5.74, 6) is 1.71. The van der Waals surface area contributed by atoms with E-state index in [0.717, 1.165) is 83.7 Å². The second-order valence-corrected chi connectivity index (χ2v) is 40.7.